The first-order valence-corrected chi connectivity index (χ1v) is 9.54. The van der Waals surface area contributed by atoms with E-state index in [0.717, 1.165) is 0 Å². The Morgan fingerprint density at radius 3 is 1.77 bits per heavy atom. The molecule has 0 aromatic rings. The Kier molecular flexibility index (Phi) is 13.1. The number of carboxylic acids is 2. The Hall–Kier alpha value is -3.26. The lowest BCUT2D eigenvalue weighted by atomic mass is 10.1. The fourth-order valence-corrected chi connectivity index (χ4v) is 2.50. The molecular formula is C17H30N6O8. The SMILES string of the molecule is NCCCCC(NC(=O)C(CCC(=O)O)NC(=O)CN)C(=O)NC(CC(N)=O)C(=O)O. The number of hydrogen-bond donors (Lipinski definition) is 8. The van der Waals surface area contributed by atoms with Crippen molar-refractivity contribution in [2.75, 3.05) is 13.1 Å². The topological polar surface area (TPSA) is 257 Å². The van der Waals surface area contributed by atoms with Crippen LogP contribution in [0.2, 0.25) is 0 Å². The second kappa shape index (κ2) is 14.7. The van der Waals surface area contributed by atoms with E-state index in [4.69, 9.17) is 27.4 Å². The van der Waals surface area contributed by atoms with Crippen molar-refractivity contribution in [1.82, 2.24) is 16.0 Å². The van der Waals surface area contributed by atoms with Crippen LogP contribution in [-0.4, -0.2) is 77.0 Å². The molecule has 3 atom stereocenters. The minimum Gasteiger partial charge on any atom is -0.481 e. The third-order valence-electron chi connectivity index (χ3n) is 4.08. The van der Waals surface area contributed by atoms with Crippen LogP contribution in [0.5, 0.6) is 0 Å². The number of carboxylic acid groups (broad SMARTS) is 2. The zero-order valence-corrected chi connectivity index (χ0v) is 17.0. The van der Waals surface area contributed by atoms with E-state index in [2.05, 4.69) is 16.0 Å². The van der Waals surface area contributed by atoms with Crippen LogP contribution in [0.4, 0.5) is 0 Å². The van der Waals surface area contributed by atoms with Crippen LogP contribution in [0.25, 0.3) is 0 Å². The van der Waals surface area contributed by atoms with Gasteiger partial charge in [0, 0.05) is 6.42 Å². The lowest BCUT2D eigenvalue weighted by Crippen LogP contribution is -2.56. The van der Waals surface area contributed by atoms with Gasteiger partial charge >= 0.3 is 11.9 Å². The highest BCUT2D eigenvalue weighted by Gasteiger charge is 2.30. The van der Waals surface area contributed by atoms with Gasteiger partial charge in [0.2, 0.25) is 23.6 Å². The highest BCUT2D eigenvalue weighted by molar-refractivity contribution is 5.94. The lowest BCUT2D eigenvalue weighted by molar-refractivity contribution is -0.143. The van der Waals surface area contributed by atoms with Gasteiger partial charge < -0.3 is 43.4 Å². The zero-order chi connectivity index (χ0) is 24.0. The molecule has 0 heterocycles. The van der Waals surface area contributed by atoms with E-state index in [1.54, 1.807) is 0 Å². The van der Waals surface area contributed by atoms with E-state index in [1.165, 1.54) is 0 Å². The predicted molar refractivity (Wildman–Crippen MR) is 106 cm³/mol. The highest BCUT2D eigenvalue weighted by atomic mass is 16.4. The first-order chi connectivity index (χ1) is 14.5. The van der Waals surface area contributed by atoms with Gasteiger partial charge in [-0.2, -0.15) is 0 Å². The molecule has 11 N–H and O–H groups in total. The predicted octanol–water partition coefficient (Wildman–Crippen LogP) is -3.65. The number of aliphatic carboxylic acids is 2. The molecule has 14 heteroatoms. The van der Waals surface area contributed by atoms with Crippen molar-refractivity contribution >= 4 is 35.6 Å². The van der Waals surface area contributed by atoms with E-state index in [9.17, 15) is 28.8 Å². The van der Waals surface area contributed by atoms with Gasteiger partial charge in [-0.1, -0.05) is 0 Å². The first-order valence-electron chi connectivity index (χ1n) is 9.54. The number of nitrogens with two attached hydrogens (primary N) is 3. The van der Waals surface area contributed by atoms with Gasteiger partial charge in [0.1, 0.15) is 18.1 Å². The Morgan fingerprint density at radius 2 is 1.32 bits per heavy atom. The molecule has 0 spiro atoms. The van der Waals surface area contributed by atoms with Crippen LogP contribution in [-0.2, 0) is 28.8 Å². The van der Waals surface area contributed by atoms with Crippen LogP contribution < -0.4 is 33.2 Å². The summed E-state index contributed by atoms with van der Waals surface area (Å²) < 4.78 is 0. The van der Waals surface area contributed by atoms with Gasteiger partial charge in [-0.25, -0.2) is 4.79 Å². The van der Waals surface area contributed by atoms with Gasteiger partial charge in [-0.3, -0.25) is 24.0 Å². The van der Waals surface area contributed by atoms with Gasteiger partial charge in [0.05, 0.1) is 13.0 Å². The minimum absolute atomic E-state index is 0.0775. The number of carbonyl (C=O) groups is 6. The summed E-state index contributed by atoms with van der Waals surface area (Å²) >= 11 is 0. The number of carbonyl (C=O) groups excluding carboxylic acids is 4. The summed E-state index contributed by atoms with van der Waals surface area (Å²) in [5.41, 5.74) is 15.6. The van der Waals surface area contributed by atoms with Gasteiger partial charge in [-0.05, 0) is 32.2 Å². The number of amides is 4. The summed E-state index contributed by atoms with van der Waals surface area (Å²) in [4.78, 5) is 69.8. The van der Waals surface area contributed by atoms with Crippen molar-refractivity contribution in [3.8, 4) is 0 Å². The molecule has 0 radical (unpaired) electrons. The summed E-state index contributed by atoms with van der Waals surface area (Å²) in [6, 6.07) is -4.10. The number of nitrogens with one attached hydrogen (secondary N) is 3. The van der Waals surface area contributed by atoms with Crippen molar-refractivity contribution < 1.29 is 39.0 Å². The van der Waals surface area contributed by atoms with E-state index < -0.39 is 73.1 Å². The van der Waals surface area contributed by atoms with E-state index >= 15 is 0 Å². The molecule has 0 aromatic heterocycles. The second-order valence-corrected chi connectivity index (χ2v) is 6.67. The molecule has 0 saturated heterocycles. The fourth-order valence-electron chi connectivity index (χ4n) is 2.50. The van der Waals surface area contributed by atoms with Crippen LogP contribution in [0.15, 0.2) is 0 Å². The quantitative estimate of drug-likeness (QED) is 0.108. The third kappa shape index (κ3) is 12.1. The standard InChI is InChI=1S/C17H30N6O8/c18-6-2-1-3-9(15(28)23-11(17(30)31)7-12(20)24)22-16(29)10(4-5-14(26)27)21-13(25)8-19/h9-11H,1-8,18-19H2,(H2,20,24)(H,21,25)(H,22,29)(H,23,28)(H,26,27)(H,30,31). The number of hydrogen-bond acceptors (Lipinski definition) is 8. The minimum atomic E-state index is -1.60. The molecule has 3 unspecified atom stereocenters. The van der Waals surface area contributed by atoms with Crippen LogP contribution in [0, 0.1) is 0 Å². The monoisotopic (exact) mass is 446 g/mol. The average molecular weight is 446 g/mol. The van der Waals surface area contributed by atoms with E-state index in [0.29, 0.717) is 19.4 Å². The van der Waals surface area contributed by atoms with Crippen LogP contribution in [0.1, 0.15) is 38.5 Å². The Balaban J connectivity index is 5.41. The maximum absolute atomic E-state index is 12.6. The second-order valence-electron chi connectivity index (χ2n) is 6.67. The van der Waals surface area contributed by atoms with Crippen molar-refractivity contribution in [2.45, 2.75) is 56.7 Å². The first kappa shape index (κ1) is 27.7. The normalized spacial score (nSPS) is 13.4. The largest absolute Gasteiger partial charge is 0.481 e. The molecule has 4 amide bonds. The molecule has 0 aliphatic rings. The molecule has 0 saturated carbocycles. The van der Waals surface area contributed by atoms with Crippen molar-refractivity contribution in [2.24, 2.45) is 17.2 Å². The van der Waals surface area contributed by atoms with E-state index in [1.807, 2.05) is 0 Å². The molecule has 0 aromatic carbocycles. The Bertz CT molecular complexity index is 671. The summed E-state index contributed by atoms with van der Waals surface area (Å²) in [6.07, 6.45) is -0.365. The maximum Gasteiger partial charge on any atom is 0.326 e. The smallest absolute Gasteiger partial charge is 0.326 e. The van der Waals surface area contributed by atoms with Gasteiger partial charge in [-0.15, -0.1) is 0 Å². The molecule has 0 rings (SSSR count). The maximum atomic E-state index is 12.6. The zero-order valence-electron chi connectivity index (χ0n) is 17.0. The lowest BCUT2D eigenvalue weighted by Gasteiger charge is -2.24. The highest BCUT2D eigenvalue weighted by Crippen LogP contribution is 2.05. The van der Waals surface area contributed by atoms with Gasteiger partial charge in [0.25, 0.3) is 0 Å². The molecule has 0 fully saturated rings. The summed E-state index contributed by atoms with van der Waals surface area (Å²) in [7, 11) is 0. The molecule has 0 aliphatic carbocycles. The summed E-state index contributed by atoms with van der Waals surface area (Å²) in [6.45, 7) is -0.125. The third-order valence-corrected chi connectivity index (χ3v) is 4.08. The molecule has 176 valence electrons. The van der Waals surface area contributed by atoms with Crippen LogP contribution >= 0.6 is 0 Å². The molecular weight excluding hydrogens is 416 g/mol. The van der Waals surface area contributed by atoms with Crippen molar-refractivity contribution in [1.29, 1.82) is 0 Å². The Morgan fingerprint density at radius 1 is 0.774 bits per heavy atom. The average Bonchev–Trinajstić information content (AvgIpc) is 2.68. The Labute approximate surface area is 178 Å². The number of primary amides is 1. The molecule has 31 heavy (non-hydrogen) atoms. The van der Waals surface area contributed by atoms with E-state index in [-0.39, 0.29) is 12.8 Å². The summed E-state index contributed by atoms with van der Waals surface area (Å²) in [5.74, 6) is -6.09. The number of unbranched alkanes of at least 4 members (excludes halogenated alkanes) is 1. The molecule has 0 aliphatic heterocycles. The summed E-state index contributed by atoms with van der Waals surface area (Å²) in [5, 5.41) is 24.8. The molecule has 0 bridgehead atoms. The van der Waals surface area contributed by atoms with Crippen LogP contribution in [0.3, 0.4) is 0 Å². The van der Waals surface area contributed by atoms with Crippen molar-refractivity contribution in [3.05, 3.63) is 0 Å². The number of rotatable bonds is 16. The fraction of sp³-hybridized carbons (Fsp3) is 0.647. The molecule has 14 nitrogen and oxygen atoms in total. The van der Waals surface area contributed by atoms with Crippen molar-refractivity contribution in [3.63, 3.8) is 0 Å². The van der Waals surface area contributed by atoms with Gasteiger partial charge in [0.15, 0.2) is 0 Å².